The first-order valence-electron chi connectivity index (χ1n) is 6.14. The predicted molar refractivity (Wildman–Crippen MR) is 75.8 cm³/mol. The van der Waals surface area contributed by atoms with Crippen molar-refractivity contribution in [2.24, 2.45) is 0 Å². The molecular formula is C14H19N3S. The van der Waals surface area contributed by atoms with Crippen LogP contribution in [0.1, 0.15) is 39.7 Å². The van der Waals surface area contributed by atoms with Crippen LogP contribution in [0.25, 0.3) is 0 Å². The highest BCUT2D eigenvalue weighted by Crippen LogP contribution is 2.24. The van der Waals surface area contributed by atoms with Gasteiger partial charge in [0.15, 0.2) is 0 Å². The van der Waals surface area contributed by atoms with Gasteiger partial charge in [-0.25, -0.2) is 4.98 Å². The summed E-state index contributed by atoms with van der Waals surface area (Å²) in [5, 5.41) is 4.69. The first-order chi connectivity index (χ1) is 8.58. The lowest BCUT2D eigenvalue weighted by atomic mass is 10.1. The Kier molecular flexibility index (Phi) is 4.09. The molecule has 0 saturated carbocycles. The van der Waals surface area contributed by atoms with Crippen LogP contribution in [0.5, 0.6) is 0 Å². The summed E-state index contributed by atoms with van der Waals surface area (Å²) in [5.41, 5.74) is 3.68. The van der Waals surface area contributed by atoms with Gasteiger partial charge in [-0.1, -0.05) is 0 Å². The van der Waals surface area contributed by atoms with Crippen molar-refractivity contribution in [3.05, 3.63) is 45.2 Å². The van der Waals surface area contributed by atoms with Crippen LogP contribution < -0.4 is 5.32 Å². The fraction of sp³-hybridized carbons (Fsp3) is 0.429. The quantitative estimate of drug-likeness (QED) is 0.917. The van der Waals surface area contributed by atoms with Gasteiger partial charge < -0.3 is 5.32 Å². The molecule has 2 aromatic heterocycles. The van der Waals surface area contributed by atoms with E-state index in [4.69, 9.17) is 0 Å². The maximum atomic E-state index is 4.47. The summed E-state index contributed by atoms with van der Waals surface area (Å²) in [4.78, 5) is 9.92. The Morgan fingerprint density at radius 1 is 1.33 bits per heavy atom. The molecule has 3 nitrogen and oxygen atoms in total. The van der Waals surface area contributed by atoms with Crippen LogP contribution in [0.4, 0.5) is 0 Å². The first-order valence-corrected chi connectivity index (χ1v) is 6.96. The number of pyridine rings is 1. The standard InChI is InChI=1S/C14H19N3S/c1-9-7-15-6-5-13(9)8-16-10(2)14-11(3)17-12(4)18-14/h5-7,10,16H,8H2,1-4H3. The predicted octanol–water partition coefficient (Wildman–Crippen LogP) is 3.31. The van der Waals surface area contributed by atoms with Gasteiger partial charge in [0.25, 0.3) is 0 Å². The number of nitrogens with one attached hydrogen (secondary N) is 1. The molecule has 0 bridgehead atoms. The maximum absolute atomic E-state index is 4.47. The Hall–Kier alpha value is -1.26. The minimum atomic E-state index is 0.337. The van der Waals surface area contributed by atoms with E-state index in [-0.39, 0.29) is 0 Å². The molecule has 0 fully saturated rings. The van der Waals surface area contributed by atoms with Crippen LogP contribution in [0.3, 0.4) is 0 Å². The van der Waals surface area contributed by atoms with Crippen molar-refractivity contribution < 1.29 is 0 Å². The molecule has 0 spiro atoms. The summed E-state index contributed by atoms with van der Waals surface area (Å²) in [6.07, 6.45) is 3.75. The highest BCUT2D eigenvalue weighted by Gasteiger charge is 2.12. The average Bonchev–Trinajstić information content (AvgIpc) is 2.67. The third-order valence-corrected chi connectivity index (χ3v) is 4.32. The summed E-state index contributed by atoms with van der Waals surface area (Å²) in [5.74, 6) is 0. The summed E-state index contributed by atoms with van der Waals surface area (Å²) >= 11 is 1.78. The number of thiazole rings is 1. The summed E-state index contributed by atoms with van der Waals surface area (Å²) < 4.78 is 0. The fourth-order valence-corrected chi connectivity index (χ4v) is 2.96. The van der Waals surface area contributed by atoms with Gasteiger partial charge in [0.2, 0.25) is 0 Å². The van der Waals surface area contributed by atoms with E-state index in [1.807, 2.05) is 12.4 Å². The third kappa shape index (κ3) is 2.94. The molecule has 2 rings (SSSR count). The van der Waals surface area contributed by atoms with Crippen molar-refractivity contribution in [3.8, 4) is 0 Å². The highest BCUT2D eigenvalue weighted by molar-refractivity contribution is 7.11. The van der Waals surface area contributed by atoms with E-state index in [1.54, 1.807) is 11.3 Å². The Morgan fingerprint density at radius 2 is 2.11 bits per heavy atom. The minimum absolute atomic E-state index is 0.337. The number of rotatable bonds is 4. The molecule has 2 aromatic rings. The summed E-state index contributed by atoms with van der Waals surface area (Å²) in [7, 11) is 0. The fourth-order valence-electron chi connectivity index (χ4n) is 2.01. The lowest BCUT2D eigenvalue weighted by Gasteiger charge is -2.13. The molecule has 1 unspecified atom stereocenters. The summed E-state index contributed by atoms with van der Waals surface area (Å²) in [6, 6.07) is 2.41. The van der Waals surface area contributed by atoms with E-state index in [2.05, 4.69) is 49.0 Å². The van der Waals surface area contributed by atoms with Crippen molar-refractivity contribution in [2.75, 3.05) is 0 Å². The first kappa shape index (κ1) is 13.2. The Morgan fingerprint density at radius 3 is 2.72 bits per heavy atom. The van der Waals surface area contributed by atoms with Crippen molar-refractivity contribution in [1.82, 2.24) is 15.3 Å². The molecular weight excluding hydrogens is 242 g/mol. The molecule has 0 saturated heterocycles. The molecule has 18 heavy (non-hydrogen) atoms. The van der Waals surface area contributed by atoms with Crippen LogP contribution in [0.2, 0.25) is 0 Å². The third-order valence-electron chi connectivity index (χ3n) is 3.07. The summed E-state index contributed by atoms with van der Waals surface area (Å²) in [6.45, 7) is 9.29. The molecule has 1 atom stereocenters. The number of hydrogen-bond donors (Lipinski definition) is 1. The molecule has 0 aromatic carbocycles. The zero-order valence-electron chi connectivity index (χ0n) is 11.3. The second-order valence-electron chi connectivity index (χ2n) is 4.59. The van der Waals surface area contributed by atoms with Crippen LogP contribution in [-0.4, -0.2) is 9.97 Å². The van der Waals surface area contributed by atoms with Gasteiger partial charge in [0.05, 0.1) is 10.7 Å². The molecule has 1 N–H and O–H groups in total. The van der Waals surface area contributed by atoms with Crippen LogP contribution in [0.15, 0.2) is 18.5 Å². The average molecular weight is 261 g/mol. The molecule has 0 aliphatic rings. The van der Waals surface area contributed by atoms with Gasteiger partial charge in [-0.05, 0) is 44.9 Å². The lowest BCUT2D eigenvalue weighted by molar-refractivity contribution is 0.578. The second kappa shape index (κ2) is 5.59. The number of hydrogen-bond acceptors (Lipinski definition) is 4. The molecule has 2 heterocycles. The van der Waals surface area contributed by atoms with Gasteiger partial charge in [-0.3, -0.25) is 4.98 Å². The van der Waals surface area contributed by atoms with Gasteiger partial charge >= 0.3 is 0 Å². The van der Waals surface area contributed by atoms with E-state index in [1.165, 1.54) is 16.0 Å². The molecule has 0 aliphatic heterocycles. The molecule has 0 radical (unpaired) electrons. The monoisotopic (exact) mass is 261 g/mol. The Labute approximate surface area is 112 Å². The second-order valence-corrected chi connectivity index (χ2v) is 5.82. The smallest absolute Gasteiger partial charge is 0.0900 e. The van der Waals surface area contributed by atoms with Gasteiger partial charge in [-0.15, -0.1) is 11.3 Å². The van der Waals surface area contributed by atoms with Crippen LogP contribution >= 0.6 is 11.3 Å². The SMILES string of the molecule is Cc1nc(C)c(C(C)NCc2ccncc2C)s1. The molecule has 0 amide bonds. The normalized spacial score (nSPS) is 12.7. The molecule has 96 valence electrons. The Bertz CT molecular complexity index is 534. The minimum Gasteiger partial charge on any atom is -0.305 e. The number of aromatic nitrogens is 2. The lowest BCUT2D eigenvalue weighted by Crippen LogP contribution is -2.18. The van der Waals surface area contributed by atoms with Gasteiger partial charge in [-0.2, -0.15) is 0 Å². The van der Waals surface area contributed by atoms with Crippen molar-refractivity contribution in [2.45, 2.75) is 40.3 Å². The zero-order chi connectivity index (χ0) is 13.1. The van der Waals surface area contributed by atoms with Crippen molar-refractivity contribution >= 4 is 11.3 Å². The number of nitrogens with zero attached hydrogens (tertiary/aromatic N) is 2. The van der Waals surface area contributed by atoms with E-state index in [9.17, 15) is 0 Å². The van der Waals surface area contributed by atoms with Crippen molar-refractivity contribution in [3.63, 3.8) is 0 Å². The topological polar surface area (TPSA) is 37.8 Å². The van der Waals surface area contributed by atoms with E-state index >= 15 is 0 Å². The van der Waals surface area contributed by atoms with Gasteiger partial charge in [0, 0.05) is 29.9 Å². The molecule has 0 aliphatic carbocycles. The zero-order valence-corrected chi connectivity index (χ0v) is 12.1. The van der Waals surface area contributed by atoms with Gasteiger partial charge in [0.1, 0.15) is 0 Å². The maximum Gasteiger partial charge on any atom is 0.0900 e. The van der Waals surface area contributed by atoms with Crippen LogP contribution in [-0.2, 0) is 6.54 Å². The molecule has 4 heteroatoms. The number of aryl methyl sites for hydroxylation is 3. The Balaban J connectivity index is 2.03. The van der Waals surface area contributed by atoms with Crippen LogP contribution in [0, 0.1) is 20.8 Å². The van der Waals surface area contributed by atoms with Crippen molar-refractivity contribution in [1.29, 1.82) is 0 Å². The highest BCUT2D eigenvalue weighted by atomic mass is 32.1. The largest absolute Gasteiger partial charge is 0.305 e. The van der Waals surface area contributed by atoms with E-state index in [0.717, 1.165) is 17.2 Å². The van der Waals surface area contributed by atoms with E-state index < -0.39 is 0 Å². The van der Waals surface area contributed by atoms with E-state index in [0.29, 0.717) is 6.04 Å².